The van der Waals surface area contributed by atoms with Crippen molar-refractivity contribution in [1.29, 1.82) is 0 Å². The van der Waals surface area contributed by atoms with E-state index in [1.54, 1.807) is 6.92 Å². The van der Waals surface area contributed by atoms with E-state index in [1.807, 2.05) is 6.08 Å². The fraction of sp³-hybridized carbons (Fsp3) is 0.800. The highest BCUT2D eigenvalue weighted by atomic mass is 16.1. The topological polar surface area (TPSA) is 46.3 Å². The molecule has 1 unspecified atom stereocenters. The summed E-state index contributed by atoms with van der Waals surface area (Å²) in [6, 6.07) is 0.220. The normalized spacial score (nSPS) is 15.9. The molecule has 0 saturated heterocycles. The summed E-state index contributed by atoms with van der Waals surface area (Å²) < 4.78 is 0. The highest BCUT2D eigenvalue weighted by molar-refractivity contribution is 5.91. The summed E-state index contributed by atoms with van der Waals surface area (Å²) in [5, 5.41) is 0. The zero-order valence-corrected chi connectivity index (χ0v) is 13.3. The van der Waals surface area contributed by atoms with Crippen LogP contribution in [-0.2, 0) is 4.79 Å². The Bertz CT molecular complexity index is 304. The number of nitrogens with zero attached hydrogens (tertiary/aromatic N) is 1. The first-order chi connectivity index (χ1) is 7.91. The number of amides is 1. The van der Waals surface area contributed by atoms with Crippen LogP contribution in [0.3, 0.4) is 0 Å². The highest BCUT2D eigenvalue weighted by Gasteiger charge is 2.35. The molecule has 2 N–H and O–H groups in total. The monoisotopic (exact) mass is 254 g/mol. The third kappa shape index (κ3) is 4.81. The molecule has 0 bridgehead atoms. The van der Waals surface area contributed by atoms with Gasteiger partial charge in [-0.2, -0.15) is 0 Å². The van der Waals surface area contributed by atoms with Crippen molar-refractivity contribution in [3.8, 4) is 0 Å². The van der Waals surface area contributed by atoms with Crippen LogP contribution in [0.4, 0.5) is 0 Å². The zero-order valence-electron chi connectivity index (χ0n) is 13.3. The predicted molar refractivity (Wildman–Crippen MR) is 78.4 cm³/mol. The van der Waals surface area contributed by atoms with Crippen LogP contribution >= 0.6 is 0 Å². The number of carbonyl (C=O) groups excluding carboxylic acids is 1. The zero-order chi connectivity index (χ0) is 14.7. The van der Waals surface area contributed by atoms with E-state index in [1.165, 1.54) is 0 Å². The lowest BCUT2D eigenvalue weighted by Gasteiger charge is -2.49. The van der Waals surface area contributed by atoms with E-state index in [2.05, 4.69) is 53.4 Å². The first kappa shape index (κ1) is 17.2. The van der Waals surface area contributed by atoms with Crippen molar-refractivity contribution in [3.05, 3.63) is 11.6 Å². The quantitative estimate of drug-likeness (QED) is 0.784. The van der Waals surface area contributed by atoms with Crippen molar-refractivity contribution in [2.75, 3.05) is 0 Å². The van der Waals surface area contributed by atoms with Gasteiger partial charge in [-0.05, 0) is 54.9 Å². The Balaban J connectivity index is 5.46. The molecule has 0 aliphatic heterocycles. The second kappa shape index (κ2) is 5.87. The molecule has 0 aromatic carbocycles. The lowest BCUT2D eigenvalue weighted by molar-refractivity contribution is -0.114. The Morgan fingerprint density at radius 1 is 1.17 bits per heavy atom. The number of hydrogen-bond donors (Lipinski definition) is 1. The summed E-state index contributed by atoms with van der Waals surface area (Å²) >= 11 is 0. The number of rotatable bonds is 4. The number of hydrogen-bond acceptors (Lipinski definition) is 2. The van der Waals surface area contributed by atoms with E-state index in [4.69, 9.17) is 5.73 Å². The van der Waals surface area contributed by atoms with Crippen LogP contribution in [0.15, 0.2) is 11.6 Å². The molecular formula is C15H30N2O. The van der Waals surface area contributed by atoms with Gasteiger partial charge in [0.2, 0.25) is 5.91 Å². The van der Waals surface area contributed by atoms with Crippen molar-refractivity contribution in [2.45, 2.75) is 78.9 Å². The van der Waals surface area contributed by atoms with Gasteiger partial charge in [-0.15, -0.1) is 0 Å². The first-order valence-electron chi connectivity index (χ1n) is 6.69. The van der Waals surface area contributed by atoms with Gasteiger partial charge in [-0.25, -0.2) is 0 Å². The van der Waals surface area contributed by atoms with Gasteiger partial charge >= 0.3 is 0 Å². The fourth-order valence-corrected chi connectivity index (χ4v) is 2.75. The fourth-order valence-electron chi connectivity index (χ4n) is 2.75. The van der Waals surface area contributed by atoms with Gasteiger partial charge in [0.25, 0.3) is 0 Å². The molecule has 0 rings (SSSR count). The van der Waals surface area contributed by atoms with Crippen LogP contribution in [0.1, 0.15) is 61.8 Å². The Kier molecular flexibility index (Phi) is 5.60. The molecule has 106 valence electrons. The van der Waals surface area contributed by atoms with Crippen LogP contribution in [0.5, 0.6) is 0 Å². The largest absolute Gasteiger partial charge is 0.366 e. The average molecular weight is 254 g/mol. The van der Waals surface area contributed by atoms with E-state index in [-0.39, 0.29) is 23.0 Å². The molecule has 3 nitrogen and oxygen atoms in total. The molecule has 0 spiro atoms. The maximum Gasteiger partial charge on any atom is 0.244 e. The molecule has 0 aromatic rings. The van der Waals surface area contributed by atoms with Crippen LogP contribution in [-0.4, -0.2) is 27.9 Å². The molecular weight excluding hydrogens is 224 g/mol. The third-order valence-electron chi connectivity index (χ3n) is 3.03. The second-order valence-electron chi connectivity index (χ2n) is 6.90. The summed E-state index contributed by atoms with van der Waals surface area (Å²) in [5.74, 6) is -0.337. The molecule has 1 atom stereocenters. The van der Waals surface area contributed by atoms with Crippen LogP contribution in [0.25, 0.3) is 0 Å². The molecule has 0 radical (unpaired) electrons. The summed E-state index contributed by atoms with van der Waals surface area (Å²) in [6.07, 6.45) is 2.96. The predicted octanol–water partition coefficient (Wildman–Crippen LogP) is 3.10. The minimum Gasteiger partial charge on any atom is -0.366 e. The Labute approximate surface area is 112 Å². The van der Waals surface area contributed by atoms with E-state index in [0.717, 1.165) is 6.42 Å². The van der Waals surface area contributed by atoms with E-state index in [9.17, 15) is 4.79 Å². The van der Waals surface area contributed by atoms with Gasteiger partial charge in [0, 0.05) is 22.7 Å². The second-order valence-corrected chi connectivity index (χ2v) is 6.90. The minimum atomic E-state index is -0.337. The van der Waals surface area contributed by atoms with Crippen molar-refractivity contribution in [3.63, 3.8) is 0 Å². The van der Waals surface area contributed by atoms with Gasteiger partial charge in [0.1, 0.15) is 0 Å². The molecule has 1 amide bonds. The molecule has 0 heterocycles. The van der Waals surface area contributed by atoms with E-state index < -0.39 is 0 Å². The van der Waals surface area contributed by atoms with Crippen molar-refractivity contribution in [2.24, 2.45) is 5.73 Å². The minimum absolute atomic E-state index is 0.0351. The number of carbonyl (C=O) groups is 1. The van der Waals surface area contributed by atoms with E-state index in [0.29, 0.717) is 5.57 Å². The SMILES string of the molecule is CCC(/C=C(\C)C(N)=O)N(C(C)(C)C)C(C)(C)C. The highest BCUT2D eigenvalue weighted by Crippen LogP contribution is 2.29. The van der Waals surface area contributed by atoms with Crippen LogP contribution in [0, 0.1) is 0 Å². The Morgan fingerprint density at radius 2 is 1.56 bits per heavy atom. The van der Waals surface area contributed by atoms with Crippen molar-refractivity contribution in [1.82, 2.24) is 4.90 Å². The molecule has 0 aliphatic carbocycles. The van der Waals surface area contributed by atoms with Gasteiger partial charge in [0.15, 0.2) is 0 Å². The van der Waals surface area contributed by atoms with Crippen molar-refractivity contribution < 1.29 is 4.79 Å². The molecule has 0 aliphatic rings. The maximum absolute atomic E-state index is 11.2. The molecule has 0 aromatic heterocycles. The van der Waals surface area contributed by atoms with Crippen LogP contribution < -0.4 is 5.73 Å². The number of primary amides is 1. The summed E-state index contributed by atoms with van der Waals surface area (Å²) in [4.78, 5) is 13.6. The lowest BCUT2D eigenvalue weighted by Crippen LogP contribution is -2.57. The van der Waals surface area contributed by atoms with Gasteiger partial charge < -0.3 is 5.73 Å². The summed E-state index contributed by atoms with van der Waals surface area (Å²) in [7, 11) is 0. The average Bonchev–Trinajstić information content (AvgIpc) is 2.11. The number of nitrogens with two attached hydrogens (primary N) is 1. The molecule has 0 fully saturated rings. The van der Waals surface area contributed by atoms with E-state index >= 15 is 0 Å². The van der Waals surface area contributed by atoms with Gasteiger partial charge in [-0.1, -0.05) is 13.0 Å². The van der Waals surface area contributed by atoms with Gasteiger partial charge in [0.05, 0.1) is 0 Å². The molecule has 3 heteroatoms. The van der Waals surface area contributed by atoms with Crippen molar-refractivity contribution >= 4 is 5.91 Å². The lowest BCUT2D eigenvalue weighted by atomic mass is 9.91. The Morgan fingerprint density at radius 3 is 1.78 bits per heavy atom. The van der Waals surface area contributed by atoms with Crippen LogP contribution in [0.2, 0.25) is 0 Å². The smallest absolute Gasteiger partial charge is 0.244 e. The Hall–Kier alpha value is -0.830. The maximum atomic E-state index is 11.2. The first-order valence-corrected chi connectivity index (χ1v) is 6.69. The third-order valence-corrected chi connectivity index (χ3v) is 3.03. The summed E-state index contributed by atoms with van der Waals surface area (Å²) in [6.45, 7) is 17.1. The van der Waals surface area contributed by atoms with Gasteiger partial charge in [-0.3, -0.25) is 9.69 Å². The summed E-state index contributed by atoms with van der Waals surface area (Å²) in [5.41, 5.74) is 6.04. The molecule has 0 saturated carbocycles. The standard InChI is InChI=1S/C15H30N2O/c1-9-12(10-11(2)13(16)18)17(14(3,4)5)15(6,7)8/h10,12H,9H2,1-8H3,(H2,16,18)/b11-10+. The molecule has 18 heavy (non-hydrogen) atoms.